The van der Waals surface area contributed by atoms with Crippen molar-refractivity contribution in [3.8, 4) is 0 Å². The molecule has 0 aromatic heterocycles. The van der Waals surface area contributed by atoms with Crippen LogP contribution >= 0.6 is 15.9 Å². The molecule has 1 rings (SSSR count). The van der Waals surface area contributed by atoms with E-state index in [1.807, 2.05) is 0 Å². The third-order valence-electron chi connectivity index (χ3n) is 3.31. The van der Waals surface area contributed by atoms with E-state index in [1.54, 1.807) is 0 Å². The molecule has 1 aromatic carbocycles. The Balaban J connectivity index is 2.88. The van der Waals surface area contributed by atoms with Gasteiger partial charge in [-0.1, -0.05) is 36.2 Å². The van der Waals surface area contributed by atoms with Crippen LogP contribution in [-0.2, 0) is 6.42 Å². The zero-order valence-electron chi connectivity index (χ0n) is 11.7. The molecule has 0 radical (unpaired) electrons. The Bertz CT molecular complexity index is 366. The predicted octanol–water partition coefficient (Wildman–Crippen LogP) is 3.97. The Hall–Kier alpha value is -0.540. The number of halogens is 1. The highest BCUT2D eigenvalue weighted by Gasteiger charge is 2.10. The first-order valence-corrected chi connectivity index (χ1v) is 7.62. The maximum Gasteiger partial charge on any atom is 0.0397 e. The Morgan fingerprint density at radius 2 is 2.06 bits per heavy atom. The van der Waals surface area contributed by atoms with Crippen LogP contribution in [0.2, 0.25) is 0 Å². The van der Waals surface area contributed by atoms with E-state index >= 15 is 0 Å². The molecule has 0 heterocycles. The standard InChI is InChI=1S/C15H25BrN2/c1-4-6-9-18(3)15-8-7-13(16)10-12(15)11-14(17)5-2/h7-8,10,14H,4-6,9,11,17H2,1-3H3. The molecule has 3 heteroatoms. The summed E-state index contributed by atoms with van der Waals surface area (Å²) in [5.41, 5.74) is 8.75. The van der Waals surface area contributed by atoms with Crippen molar-refractivity contribution < 1.29 is 0 Å². The van der Waals surface area contributed by atoms with Gasteiger partial charge in [0.05, 0.1) is 0 Å². The van der Waals surface area contributed by atoms with Crippen LogP contribution in [0.4, 0.5) is 5.69 Å². The van der Waals surface area contributed by atoms with Gasteiger partial charge in [0, 0.05) is 29.8 Å². The Morgan fingerprint density at radius 1 is 1.33 bits per heavy atom. The van der Waals surface area contributed by atoms with Gasteiger partial charge >= 0.3 is 0 Å². The van der Waals surface area contributed by atoms with Gasteiger partial charge in [0.1, 0.15) is 0 Å². The molecule has 0 saturated heterocycles. The summed E-state index contributed by atoms with van der Waals surface area (Å²) < 4.78 is 1.13. The first-order valence-electron chi connectivity index (χ1n) is 6.83. The minimum Gasteiger partial charge on any atom is -0.374 e. The zero-order valence-corrected chi connectivity index (χ0v) is 13.3. The van der Waals surface area contributed by atoms with E-state index in [0.717, 1.165) is 23.9 Å². The highest BCUT2D eigenvalue weighted by molar-refractivity contribution is 9.10. The van der Waals surface area contributed by atoms with Crippen molar-refractivity contribution in [1.29, 1.82) is 0 Å². The molecule has 0 spiro atoms. The summed E-state index contributed by atoms with van der Waals surface area (Å²) in [7, 11) is 2.17. The van der Waals surface area contributed by atoms with Crippen molar-refractivity contribution in [2.24, 2.45) is 5.73 Å². The van der Waals surface area contributed by atoms with Gasteiger partial charge in [-0.05, 0) is 43.0 Å². The second kappa shape index (κ2) is 7.80. The minimum absolute atomic E-state index is 0.248. The summed E-state index contributed by atoms with van der Waals surface area (Å²) in [6, 6.07) is 6.75. The number of nitrogens with zero attached hydrogens (tertiary/aromatic N) is 1. The van der Waals surface area contributed by atoms with Crippen LogP contribution in [0, 0.1) is 0 Å². The van der Waals surface area contributed by atoms with Crippen LogP contribution in [0.15, 0.2) is 22.7 Å². The van der Waals surface area contributed by atoms with Gasteiger partial charge in [0.25, 0.3) is 0 Å². The Kier molecular flexibility index (Phi) is 6.72. The van der Waals surface area contributed by atoms with Crippen LogP contribution in [0.25, 0.3) is 0 Å². The van der Waals surface area contributed by atoms with Crippen molar-refractivity contribution in [1.82, 2.24) is 0 Å². The van der Waals surface area contributed by atoms with Crippen molar-refractivity contribution in [3.05, 3.63) is 28.2 Å². The molecule has 0 aliphatic heterocycles. The third kappa shape index (κ3) is 4.62. The second-order valence-electron chi connectivity index (χ2n) is 4.92. The summed E-state index contributed by atoms with van der Waals surface area (Å²) in [5, 5.41) is 0. The lowest BCUT2D eigenvalue weighted by Crippen LogP contribution is -2.25. The third-order valence-corrected chi connectivity index (χ3v) is 3.80. The normalized spacial score (nSPS) is 12.5. The number of benzene rings is 1. The van der Waals surface area contributed by atoms with Crippen molar-refractivity contribution in [3.63, 3.8) is 0 Å². The number of nitrogens with two attached hydrogens (primary N) is 1. The van der Waals surface area contributed by atoms with E-state index in [0.29, 0.717) is 0 Å². The fourth-order valence-corrected chi connectivity index (χ4v) is 2.44. The van der Waals surface area contributed by atoms with E-state index in [4.69, 9.17) is 5.73 Å². The maximum absolute atomic E-state index is 6.09. The summed E-state index contributed by atoms with van der Waals surface area (Å²) in [4.78, 5) is 2.34. The SMILES string of the molecule is CCCCN(C)c1ccc(Br)cc1CC(N)CC. The molecule has 102 valence electrons. The van der Waals surface area contributed by atoms with Gasteiger partial charge < -0.3 is 10.6 Å². The summed E-state index contributed by atoms with van der Waals surface area (Å²) in [6.07, 6.45) is 4.42. The molecule has 0 amide bonds. The molecule has 1 atom stereocenters. The summed E-state index contributed by atoms with van der Waals surface area (Å²) >= 11 is 3.55. The number of hydrogen-bond donors (Lipinski definition) is 1. The predicted molar refractivity (Wildman–Crippen MR) is 84.3 cm³/mol. The molecule has 0 bridgehead atoms. The van der Waals surface area contributed by atoms with Crippen molar-refractivity contribution in [2.45, 2.75) is 45.6 Å². The van der Waals surface area contributed by atoms with E-state index in [-0.39, 0.29) is 6.04 Å². The molecule has 1 unspecified atom stereocenters. The van der Waals surface area contributed by atoms with Crippen LogP contribution in [0.5, 0.6) is 0 Å². The highest BCUT2D eigenvalue weighted by Crippen LogP contribution is 2.25. The van der Waals surface area contributed by atoms with E-state index in [1.165, 1.54) is 24.1 Å². The fraction of sp³-hybridized carbons (Fsp3) is 0.600. The lowest BCUT2D eigenvalue weighted by molar-refractivity contribution is 0.644. The molecule has 0 aliphatic carbocycles. The van der Waals surface area contributed by atoms with E-state index in [2.05, 4.69) is 59.9 Å². The smallest absolute Gasteiger partial charge is 0.0397 e. The van der Waals surface area contributed by atoms with Crippen LogP contribution < -0.4 is 10.6 Å². The average Bonchev–Trinajstić information content (AvgIpc) is 2.36. The molecule has 2 nitrogen and oxygen atoms in total. The minimum atomic E-state index is 0.248. The average molecular weight is 313 g/mol. The number of rotatable bonds is 7. The van der Waals surface area contributed by atoms with Crippen molar-refractivity contribution in [2.75, 3.05) is 18.5 Å². The highest BCUT2D eigenvalue weighted by atomic mass is 79.9. The number of hydrogen-bond acceptors (Lipinski definition) is 2. The molecule has 0 saturated carbocycles. The van der Waals surface area contributed by atoms with E-state index in [9.17, 15) is 0 Å². The molecular weight excluding hydrogens is 288 g/mol. The van der Waals surface area contributed by atoms with Gasteiger partial charge in [-0.2, -0.15) is 0 Å². The number of anilines is 1. The lowest BCUT2D eigenvalue weighted by Gasteiger charge is -2.23. The largest absolute Gasteiger partial charge is 0.374 e. The monoisotopic (exact) mass is 312 g/mol. The molecule has 0 aliphatic rings. The Morgan fingerprint density at radius 3 is 2.67 bits per heavy atom. The maximum atomic E-state index is 6.09. The Labute approximate surface area is 120 Å². The summed E-state index contributed by atoms with van der Waals surface area (Å²) in [5.74, 6) is 0. The van der Waals surface area contributed by atoms with Crippen LogP contribution in [-0.4, -0.2) is 19.6 Å². The second-order valence-corrected chi connectivity index (χ2v) is 5.84. The number of unbranched alkanes of at least 4 members (excludes halogenated alkanes) is 1. The van der Waals surface area contributed by atoms with Gasteiger partial charge in [-0.15, -0.1) is 0 Å². The topological polar surface area (TPSA) is 29.3 Å². The van der Waals surface area contributed by atoms with E-state index < -0.39 is 0 Å². The van der Waals surface area contributed by atoms with Gasteiger partial charge in [0.2, 0.25) is 0 Å². The van der Waals surface area contributed by atoms with Crippen LogP contribution in [0.3, 0.4) is 0 Å². The molecule has 0 fully saturated rings. The van der Waals surface area contributed by atoms with Crippen LogP contribution in [0.1, 0.15) is 38.7 Å². The fourth-order valence-electron chi connectivity index (χ4n) is 2.03. The first kappa shape index (κ1) is 15.5. The lowest BCUT2D eigenvalue weighted by atomic mass is 10.0. The summed E-state index contributed by atoms with van der Waals surface area (Å²) in [6.45, 7) is 5.47. The molecule has 1 aromatic rings. The quantitative estimate of drug-likeness (QED) is 0.825. The molecular formula is C15H25BrN2. The van der Waals surface area contributed by atoms with Gasteiger partial charge in [0.15, 0.2) is 0 Å². The van der Waals surface area contributed by atoms with Gasteiger partial charge in [-0.25, -0.2) is 0 Å². The first-order chi connectivity index (χ1) is 8.58. The molecule has 18 heavy (non-hydrogen) atoms. The van der Waals surface area contributed by atoms with Crippen molar-refractivity contribution >= 4 is 21.6 Å². The van der Waals surface area contributed by atoms with Gasteiger partial charge in [-0.3, -0.25) is 0 Å². The molecule has 2 N–H and O–H groups in total. The zero-order chi connectivity index (χ0) is 13.5.